The van der Waals surface area contributed by atoms with Gasteiger partial charge in [0.25, 0.3) is 0 Å². The molecule has 170 valence electrons. The van der Waals surface area contributed by atoms with Gasteiger partial charge in [0, 0.05) is 30.8 Å². The highest BCUT2D eigenvalue weighted by atomic mass is 127. The summed E-state index contributed by atoms with van der Waals surface area (Å²) in [6.45, 7) is 0.312. The molecule has 0 amide bonds. The van der Waals surface area contributed by atoms with E-state index in [1.807, 2.05) is 6.07 Å². The Morgan fingerprint density at radius 1 is 1.12 bits per heavy atom. The molecule has 0 unspecified atom stereocenters. The average molecular weight is 657 g/mol. The number of anilines is 1. The second-order valence-corrected chi connectivity index (χ2v) is 11.2. The van der Waals surface area contributed by atoms with Crippen LogP contribution in [0.3, 0.4) is 0 Å². The summed E-state index contributed by atoms with van der Waals surface area (Å²) >= 11 is 18.4. The van der Waals surface area contributed by atoms with Gasteiger partial charge in [-0.15, -0.1) is 0 Å². The predicted molar refractivity (Wildman–Crippen MR) is 147 cm³/mol. The van der Waals surface area contributed by atoms with Gasteiger partial charge in [0.15, 0.2) is 11.5 Å². The highest BCUT2D eigenvalue weighted by Crippen LogP contribution is 2.51. The van der Waals surface area contributed by atoms with Crippen LogP contribution in [0.4, 0.5) is 5.69 Å². The van der Waals surface area contributed by atoms with Crippen molar-refractivity contribution in [2.45, 2.75) is 25.0 Å². The zero-order valence-electron chi connectivity index (χ0n) is 17.7. The molecule has 1 heterocycles. The number of allylic oxidation sites excluding steroid dienone is 2. The molecule has 0 bridgehead atoms. The van der Waals surface area contributed by atoms with E-state index in [1.165, 1.54) is 20.4 Å². The van der Waals surface area contributed by atoms with E-state index < -0.39 is 0 Å². The van der Waals surface area contributed by atoms with Crippen LogP contribution in [0, 0.1) is 9.49 Å². The quantitative estimate of drug-likeness (QED) is 0.220. The lowest BCUT2D eigenvalue weighted by molar-refractivity contribution is 0.282. The summed E-state index contributed by atoms with van der Waals surface area (Å²) in [5.41, 5.74) is 4.60. The molecular formula is C26H21BrCl2INO2. The summed E-state index contributed by atoms with van der Waals surface area (Å²) in [5.74, 6) is 2.20. The maximum Gasteiger partial charge on any atom is 0.175 e. The van der Waals surface area contributed by atoms with E-state index in [2.05, 4.69) is 86.3 Å². The van der Waals surface area contributed by atoms with Gasteiger partial charge in [-0.05, 0) is 104 Å². The third-order valence-electron chi connectivity index (χ3n) is 6.32. The topological polar surface area (TPSA) is 30.5 Å². The van der Waals surface area contributed by atoms with Crippen molar-refractivity contribution in [1.82, 2.24) is 0 Å². The number of hydrogen-bond donors (Lipinski definition) is 1. The molecule has 7 heteroatoms. The molecule has 0 spiro atoms. The number of hydrogen-bond acceptors (Lipinski definition) is 3. The maximum absolute atomic E-state index is 6.32. The zero-order valence-corrected chi connectivity index (χ0v) is 23.0. The van der Waals surface area contributed by atoms with Gasteiger partial charge in [0.1, 0.15) is 6.61 Å². The highest BCUT2D eigenvalue weighted by Gasteiger charge is 2.38. The number of nitrogens with one attached hydrogen (secondary N) is 1. The molecule has 1 N–H and O–H groups in total. The van der Waals surface area contributed by atoms with Crippen LogP contribution in [0.25, 0.3) is 0 Å². The fraction of sp³-hybridized carbons (Fsp3) is 0.231. The first-order valence-corrected chi connectivity index (χ1v) is 13.2. The molecule has 3 atom stereocenters. The van der Waals surface area contributed by atoms with Crippen molar-refractivity contribution in [3.8, 4) is 11.5 Å². The van der Waals surface area contributed by atoms with Crippen molar-refractivity contribution in [3.63, 3.8) is 0 Å². The molecule has 3 aromatic rings. The summed E-state index contributed by atoms with van der Waals surface area (Å²) < 4.78 is 14.0. The van der Waals surface area contributed by atoms with Crippen LogP contribution in [-0.4, -0.2) is 7.11 Å². The summed E-state index contributed by atoms with van der Waals surface area (Å²) in [6.07, 6.45) is 5.70. The Morgan fingerprint density at radius 2 is 1.97 bits per heavy atom. The van der Waals surface area contributed by atoms with E-state index in [-0.39, 0.29) is 6.04 Å². The second kappa shape index (κ2) is 9.68. The number of fused-ring (bicyclic) bond motifs is 3. The first-order valence-electron chi connectivity index (χ1n) is 10.6. The molecule has 5 rings (SSSR count). The molecule has 0 fully saturated rings. The lowest BCUT2D eigenvalue weighted by atomic mass is 9.77. The number of halogens is 4. The van der Waals surface area contributed by atoms with Gasteiger partial charge in [-0.2, -0.15) is 0 Å². The minimum absolute atomic E-state index is 0.169. The molecule has 3 nitrogen and oxygen atoms in total. The molecule has 1 aliphatic carbocycles. The molecule has 1 aliphatic heterocycles. The van der Waals surface area contributed by atoms with E-state index >= 15 is 0 Å². The Balaban J connectivity index is 1.45. The Bertz CT molecular complexity index is 1250. The first kappa shape index (κ1) is 23.3. The van der Waals surface area contributed by atoms with E-state index in [0.29, 0.717) is 40.0 Å². The van der Waals surface area contributed by atoms with Crippen molar-refractivity contribution in [2.24, 2.45) is 5.92 Å². The Kier molecular flexibility index (Phi) is 6.85. The maximum atomic E-state index is 6.32. The van der Waals surface area contributed by atoms with Crippen LogP contribution < -0.4 is 14.8 Å². The summed E-state index contributed by atoms with van der Waals surface area (Å²) in [6, 6.07) is 16.4. The zero-order chi connectivity index (χ0) is 23.1. The van der Waals surface area contributed by atoms with Gasteiger partial charge < -0.3 is 14.8 Å². The van der Waals surface area contributed by atoms with Gasteiger partial charge in [0.05, 0.1) is 17.6 Å². The number of rotatable bonds is 5. The Labute approximate surface area is 225 Å². The molecule has 2 aliphatic rings. The van der Waals surface area contributed by atoms with Gasteiger partial charge in [0.2, 0.25) is 0 Å². The minimum atomic E-state index is 0.169. The third kappa shape index (κ3) is 4.62. The lowest BCUT2D eigenvalue weighted by Gasteiger charge is -2.38. The highest BCUT2D eigenvalue weighted by molar-refractivity contribution is 14.1. The second-order valence-electron chi connectivity index (χ2n) is 8.27. The van der Waals surface area contributed by atoms with Gasteiger partial charge in [-0.3, -0.25) is 0 Å². The van der Waals surface area contributed by atoms with Gasteiger partial charge in [-0.1, -0.05) is 41.4 Å². The van der Waals surface area contributed by atoms with Crippen LogP contribution in [-0.2, 0) is 6.61 Å². The van der Waals surface area contributed by atoms with Gasteiger partial charge in [-0.25, -0.2) is 0 Å². The molecule has 33 heavy (non-hydrogen) atoms. The van der Waals surface area contributed by atoms with E-state index in [1.54, 1.807) is 19.2 Å². The van der Waals surface area contributed by atoms with Crippen LogP contribution in [0.1, 0.15) is 35.1 Å². The lowest BCUT2D eigenvalue weighted by Crippen LogP contribution is -2.29. The summed E-state index contributed by atoms with van der Waals surface area (Å²) in [7, 11) is 1.67. The smallest absolute Gasteiger partial charge is 0.175 e. The van der Waals surface area contributed by atoms with E-state index in [4.69, 9.17) is 32.7 Å². The van der Waals surface area contributed by atoms with Crippen LogP contribution in [0.5, 0.6) is 11.5 Å². The average Bonchev–Trinajstić information content (AvgIpc) is 3.29. The SMILES string of the molecule is COc1cc([C@@H]2Nc3ccc(I)cc3[C@@H]3C=CC[C@@H]32)cc(Br)c1OCc1ccc(Cl)cc1Cl. The Hall–Kier alpha value is -1.41. The number of benzene rings is 3. The molecule has 3 aromatic carbocycles. The van der Waals surface area contributed by atoms with Gasteiger partial charge >= 0.3 is 0 Å². The predicted octanol–water partition coefficient (Wildman–Crippen LogP) is 8.77. The fourth-order valence-corrected chi connectivity index (χ4v) is 6.30. The normalized spacial score (nSPS) is 20.7. The van der Waals surface area contributed by atoms with Crippen molar-refractivity contribution in [3.05, 3.63) is 95.5 Å². The van der Waals surface area contributed by atoms with Crippen molar-refractivity contribution in [1.29, 1.82) is 0 Å². The van der Waals surface area contributed by atoms with E-state index in [0.717, 1.165) is 16.5 Å². The molecule has 0 radical (unpaired) electrons. The molecule has 0 saturated carbocycles. The summed E-state index contributed by atoms with van der Waals surface area (Å²) in [5, 5.41) is 4.97. The molecule has 0 saturated heterocycles. The first-order chi connectivity index (χ1) is 15.9. The third-order valence-corrected chi connectivity index (χ3v) is 8.17. The standard InChI is InChI=1S/C26H21BrCl2INO2/c1-32-24-10-15(9-21(27)26(24)33-13-14-5-6-16(28)11-22(14)29)25-19-4-2-3-18(19)20-12-17(30)7-8-23(20)31-25/h2-3,5-12,18-19,25,31H,4,13H2,1H3/t18-,19+,25+/m1/s1. The molecular weight excluding hydrogens is 636 g/mol. The number of ether oxygens (including phenoxy) is 2. The Morgan fingerprint density at radius 3 is 2.76 bits per heavy atom. The molecule has 0 aromatic heterocycles. The summed E-state index contributed by atoms with van der Waals surface area (Å²) in [4.78, 5) is 0. The van der Waals surface area contributed by atoms with Crippen molar-refractivity contribution < 1.29 is 9.47 Å². The van der Waals surface area contributed by atoms with E-state index in [9.17, 15) is 0 Å². The van der Waals surface area contributed by atoms with Crippen molar-refractivity contribution >= 4 is 67.4 Å². The minimum Gasteiger partial charge on any atom is -0.493 e. The largest absolute Gasteiger partial charge is 0.493 e. The van der Waals surface area contributed by atoms with Crippen LogP contribution in [0.2, 0.25) is 10.0 Å². The fourth-order valence-electron chi connectivity index (χ4n) is 4.74. The van der Waals surface area contributed by atoms with Crippen molar-refractivity contribution in [2.75, 3.05) is 12.4 Å². The number of methoxy groups -OCH3 is 1. The monoisotopic (exact) mass is 655 g/mol. The van der Waals surface area contributed by atoms with Crippen LogP contribution in [0.15, 0.2) is 65.2 Å². The van der Waals surface area contributed by atoms with Crippen LogP contribution >= 0.6 is 61.7 Å².